The summed E-state index contributed by atoms with van der Waals surface area (Å²) >= 11 is 0. The van der Waals surface area contributed by atoms with E-state index in [1.54, 1.807) is 0 Å². The molecule has 2 heterocycles. The number of carboxylic acids is 2. The number of hydrogen-bond donors (Lipinski definition) is 3. The van der Waals surface area contributed by atoms with Gasteiger partial charge in [-0.05, 0) is 66.3 Å². The SMILES string of the molecule is Cc1cccc(NC(=O)[C@@H]2Cc3ccccc3CN2Cc2cncn2Cc2ccc(C#N)cc2)c1C.O=C(O)C(F)(F)F.O=C(O)C(F)(F)F. The molecule has 10 nitrogen and oxygen atoms in total. The van der Waals surface area contributed by atoms with Gasteiger partial charge in [-0.15, -0.1) is 0 Å². The summed E-state index contributed by atoms with van der Waals surface area (Å²) < 4.78 is 65.6. The fourth-order valence-electron chi connectivity index (χ4n) is 4.82. The molecule has 1 aromatic heterocycles. The van der Waals surface area contributed by atoms with Crippen LogP contribution in [-0.2, 0) is 40.4 Å². The Morgan fingerprint density at radius 3 is 2.02 bits per heavy atom. The van der Waals surface area contributed by atoms with Crippen molar-refractivity contribution in [3.63, 3.8) is 0 Å². The van der Waals surface area contributed by atoms with Gasteiger partial charge in [0.15, 0.2) is 0 Å². The molecule has 0 bridgehead atoms. The second-order valence-electron chi connectivity index (χ2n) is 11.1. The van der Waals surface area contributed by atoms with Gasteiger partial charge in [-0.1, -0.05) is 48.5 Å². The van der Waals surface area contributed by atoms with Crippen molar-refractivity contribution in [2.24, 2.45) is 0 Å². The van der Waals surface area contributed by atoms with Gasteiger partial charge in [-0.3, -0.25) is 9.69 Å². The van der Waals surface area contributed by atoms with Crippen LogP contribution < -0.4 is 5.32 Å². The van der Waals surface area contributed by atoms with Crippen LogP contribution in [0.1, 0.15) is 39.1 Å². The Morgan fingerprint density at radius 1 is 0.880 bits per heavy atom. The normalized spacial score (nSPS) is 14.1. The van der Waals surface area contributed by atoms with Crippen molar-refractivity contribution >= 4 is 23.5 Å². The lowest BCUT2D eigenvalue weighted by Gasteiger charge is -2.36. The zero-order valence-electron chi connectivity index (χ0n) is 26.6. The van der Waals surface area contributed by atoms with Crippen molar-refractivity contribution < 1.29 is 50.9 Å². The summed E-state index contributed by atoms with van der Waals surface area (Å²) in [6.07, 6.45) is -5.79. The molecule has 5 rings (SSSR count). The Kier molecular flexibility index (Phi) is 12.9. The van der Waals surface area contributed by atoms with E-state index in [2.05, 4.69) is 57.0 Å². The first-order valence-corrected chi connectivity index (χ1v) is 14.7. The number of nitrogens with one attached hydrogen (secondary N) is 1. The predicted octanol–water partition coefficient (Wildman–Crippen LogP) is 6.25. The topological polar surface area (TPSA) is 149 Å². The Balaban J connectivity index is 0.000000408. The van der Waals surface area contributed by atoms with Crippen LogP contribution in [0.15, 0.2) is 79.3 Å². The first-order chi connectivity index (χ1) is 23.4. The van der Waals surface area contributed by atoms with Gasteiger partial charge in [0.05, 0.1) is 29.7 Å². The summed E-state index contributed by atoms with van der Waals surface area (Å²) in [6, 6.07) is 23.9. The highest BCUT2D eigenvalue weighted by Gasteiger charge is 2.39. The summed E-state index contributed by atoms with van der Waals surface area (Å²) in [5.74, 6) is -5.50. The molecule has 1 aliphatic rings. The van der Waals surface area contributed by atoms with Gasteiger partial charge >= 0.3 is 24.3 Å². The van der Waals surface area contributed by atoms with E-state index in [1.807, 2.05) is 61.9 Å². The van der Waals surface area contributed by atoms with E-state index in [9.17, 15) is 31.1 Å². The number of aryl methyl sites for hydroxylation is 1. The second-order valence-corrected chi connectivity index (χ2v) is 11.1. The molecule has 264 valence electrons. The molecule has 1 atom stereocenters. The number of nitriles is 1. The lowest BCUT2D eigenvalue weighted by atomic mass is 9.93. The summed E-state index contributed by atoms with van der Waals surface area (Å²) in [4.78, 5) is 38.1. The Morgan fingerprint density at radius 2 is 1.46 bits per heavy atom. The molecule has 1 amide bonds. The van der Waals surface area contributed by atoms with Crippen LogP contribution in [-0.4, -0.2) is 60.9 Å². The van der Waals surface area contributed by atoms with Crippen molar-refractivity contribution in [2.75, 3.05) is 5.32 Å². The fourth-order valence-corrected chi connectivity index (χ4v) is 4.82. The van der Waals surface area contributed by atoms with Crippen molar-refractivity contribution in [1.29, 1.82) is 5.26 Å². The molecule has 0 aliphatic carbocycles. The largest absolute Gasteiger partial charge is 0.490 e. The number of carbonyl (C=O) groups is 3. The molecular formula is C34H31F6N5O5. The quantitative estimate of drug-likeness (QED) is 0.200. The second kappa shape index (κ2) is 16.6. The molecule has 4 aromatic rings. The number of anilines is 1. The van der Waals surface area contributed by atoms with E-state index in [1.165, 1.54) is 11.1 Å². The summed E-state index contributed by atoms with van der Waals surface area (Å²) in [7, 11) is 0. The standard InChI is InChI=1S/C30H29N5O.2C2HF3O2/c1-21-6-5-9-28(22(21)2)33-30(36)29-14-25-7-3-4-8-26(25)18-34(29)19-27-16-32-20-35(27)17-24-12-10-23(15-31)11-13-24;2*3-2(4,5)1(6)7/h3-13,16,20,29H,14,17-19H2,1-2H3,(H,33,36);2*(H,6,7)/t29-;;/m0../s1. The highest BCUT2D eigenvalue weighted by molar-refractivity contribution is 5.96. The van der Waals surface area contributed by atoms with E-state index in [0.29, 0.717) is 31.6 Å². The zero-order chi connectivity index (χ0) is 37.2. The third-order valence-electron chi connectivity index (χ3n) is 7.60. The number of aliphatic carboxylic acids is 2. The van der Waals surface area contributed by atoms with Crippen molar-refractivity contribution in [3.8, 4) is 6.07 Å². The fraction of sp³-hybridized carbons (Fsp3) is 0.265. The predicted molar refractivity (Wildman–Crippen MR) is 168 cm³/mol. The highest BCUT2D eigenvalue weighted by Crippen LogP contribution is 2.27. The first-order valence-electron chi connectivity index (χ1n) is 14.7. The maximum atomic E-state index is 13.6. The molecule has 1 aliphatic heterocycles. The van der Waals surface area contributed by atoms with Crippen LogP contribution in [0.5, 0.6) is 0 Å². The lowest BCUT2D eigenvalue weighted by molar-refractivity contribution is -0.193. The number of aromatic nitrogens is 2. The van der Waals surface area contributed by atoms with Gasteiger partial charge in [0.25, 0.3) is 0 Å². The van der Waals surface area contributed by atoms with Crippen LogP contribution in [0.4, 0.5) is 32.0 Å². The molecule has 16 heteroatoms. The average Bonchev–Trinajstić information content (AvgIpc) is 3.49. The minimum atomic E-state index is -5.08. The number of benzene rings is 3. The van der Waals surface area contributed by atoms with Crippen LogP contribution in [0.2, 0.25) is 0 Å². The van der Waals surface area contributed by atoms with E-state index in [-0.39, 0.29) is 11.9 Å². The van der Waals surface area contributed by atoms with Crippen molar-refractivity contribution in [3.05, 3.63) is 118 Å². The molecule has 0 spiro atoms. The average molecular weight is 704 g/mol. The summed E-state index contributed by atoms with van der Waals surface area (Å²) in [5.41, 5.74) is 8.38. The summed E-state index contributed by atoms with van der Waals surface area (Å²) in [5, 5.41) is 26.5. The zero-order valence-corrected chi connectivity index (χ0v) is 26.6. The number of carboxylic acid groups (broad SMARTS) is 2. The van der Waals surface area contributed by atoms with E-state index in [0.717, 1.165) is 28.1 Å². The molecule has 50 heavy (non-hydrogen) atoms. The molecule has 0 unspecified atom stereocenters. The first kappa shape index (κ1) is 38.8. The number of alkyl halides is 6. The van der Waals surface area contributed by atoms with Gasteiger partial charge in [-0.2, -0.15) is 31.6 Å². The van der Waals surface area contributed by atoms with Gasteiger partial charge in [0.2, 0.25) is 5.91 Å². The van der Waals surface area contributed by atoms with Gasteiger partial charge in [0.1, 0.15) is 0 Å². The number of rotatable bonds is 6. The Hall–Kier alpha value is -5.69. The van der Waals surface area contributed by atoms with Gasteiger partial charge < -0.3 is 20.1 Å². The van der Waals surface area contributed by atoms with Crippen molar-refractivity contribution in [1.82, 2.24) is 14.5 Å². The minimum absolute atomic E-state index is 0.0105. The van der Waals surface area contributed by atoms with Crippen LogP contribution >= 0.6 is 0 Å². The van der Waals surface area contributed by atoms with Crippen LogP contribution in [0, 0.1) is 25.2 Å². The number of imidazole rings is 1. The number of amides is 1. The number of hydrogen-bond acceptors (Lipinski definition) is 6. The number of fused-ring (bicyclic) bond motifs is 1. The monoisotopic (exact) mass is 703 g/mol. The molecular weight excluding hydrogens is 672 g/mol. The maximum Gasteiger partial charge on any atom is 0.490 e. The Labute approximate surface area is 282 Å². The minimum Gasteiger partial charge on any atom is -0.475 e. The maximum absolute atomic E-state index is 13.6. The van der Waals surface area contributed by atoms with Crippen LogP contribution in [0.3, 0.4) is 0 Å². The molecule has 0 fully saturated rings. The third-order valence-corrected chi connectivity index (χ3v) is 7.60. The van der Waals surface area contributed by atoms with Gasteiger partial charge in [-0.25, -0.2) is 14.6 Å². The van der Waals surface area contributed by atoms with E-state index in [4.69, 9.17) is 25.1 Å². The van der Waals surface area contributed by atoms with E-state index < -0.39 is 24.3 Å². The summed E-state index contributed by atoms with van der Waals surface area (Å²) in [6.45, 7) is 6.06. The number of nitrogens with zero attached hydrogens (tertiary/aromatic N) is 4. The molecule has 3 aromatic carbocycles. The lowest BCUT2D eigenvalue weighted by Crippen LogP contribution is -2.47. The Bertz CT molecular complexity index is 1820. The smallest absolute Gasteiger partial charge is 0.475 e. The van der Waals surface area contributed by atoms with E-state index >= 15 is 0 Å². The third kappa shape index (κ3) is 10.9. The number of carbonyl (C=O) groups excluding carboxylic acids is 1. The molecule has 0 saturated heterocycles. The highest BCUT2D eigenvalue weighted by atomic mass is 19.4. The molecule has 3 N–H and O–H groups in total. The van der Waals surface area contributed by atoms with Gasteiger partial charge in [0, 0.05) is 31.5 Å². The van der Waals surface area contributed by atoms with Crippen LogP contribution in [0.25, 0.3) is 0 Å². The molecule has 0 radical (unpaired) electrons. The number of halogens is 6. The molecule has 0 saturated carbocycles. The van der Waals surface area contributed by atoms with Crippen molar-refractivity contribution in [2.45, 2.75) is 58.3 Å².